The number of aliphatic hydroxyl groups is 1. The molecule has 2 N–H and O–H groups in total. The largest absolute Gasteiger partial charge is 0.480 e. The van der Waals surface area contributed by atoms with Gasteiger partial charge in [0, 0.05) is 4.92 Å². The van der Waals surface area contributed by atoms with Gasteiger partial charge in [-0.15, -0.1) is 0 Å². The molecule has 1 aliphatic carbocycles. The maximum atomic E-state index is 12.4. The van der Waals surface area contributed by atoms with Gasteiger partial charge in [0.2, 0.25) is 0 Å². The van der Waals surface area contributed by atoms with Crippen molar-refractivity contribution >= 4 is 11.8 Å². The molecule has 0 unspecified atom stereocenters. The van der Waals surface area contributed by atoms with Crippen molar-refractivity contribution in [3.8, 4) is 0 Å². The average molecular weight is 335 g/mol. The summed E-state index contributed by atoms with van der Waals surface area (Å²) in [6.07, 6.45) is -0.312. The minimum absolute atomic E-state index is 0.146. The molecule has 1 fully saturated rings. The van der Waals surface area contributed by atoms with Gasteiger partial charge >= 0.3 is 5.97 Å². The molecule has 1 aromatic carbocycles. The van der Waals surface area contributed by atoms with Crippen LogP contribution in [0.15, 0.2) is 30.3 Å². The smallest absolute Gasteiger partial charge is 0.318 e. The Hall–Kier alpha value is -2.28. The number of aliphatic carboxylic acids is 1. The fraction of sp³-hybridized carbons (Fsp3) is 0.529. The lowest BCUT2D eigenvalue weighted by Crippen LogP contribution is -2.70. The molecule has 0 aliphatic heterocycles. The average Bonchev–Trinajstić information content (AvgIpc) is 2.46. The Kier molecular flexibility index (Phi) is 4.26. The van der Waals surface area contributed by atoms with Crippen LogP contribution in [0, 0.1) is 15.5 Å². The lowest BCUT2D eigenvalue weighted by Gasteiger charge is -2.53. The lowest BCUT2D eigenvalue weighted by atomic mass is 9.47. The summed E-state index contributed by atoms with van der Waals surface area (Å²) in [5.74, 6) is -2.05. The van der Waals surface area contributed by atoms with Gasteiger partial charge in [-0.3, -0.25) is 19.7 Å². The molecule has 0 bridgehead atoms. The quantitative estimate of drug-likeness (QED) is 0.492. The van der Waals surface area contributed by atoms with Crippen LogP contribution in [0.5, 0.6) is 0 Å². The molecular weight excluding hydrogens is 314 g/mol. The standard InChI is InChI=1S/C17H21NO6/c1-11(19)17(14(20)21)10-9-15(2,22)13(18(23)24)16(17,3)12-7-5-4-6-8-12/h4-8,13,22H,9-10H2,1-3H3,(H,20,21)/t13-,15-,16+,17-/m1/s1. The van der Waals surface area contributed by atoms with Crippen LogP contribution in [0.1, 0.15) is 39.2 Å². The molecule has 1 aromatic rings. The summed E-state index contributed by atoms with van der Waals surface area (Å²) < 4.78 is 0. The molecule has 24 heavy (non-hydrogen) atoms. The lowest BCUT2D eigenvalue weighted by molar-refractivity contribution is -0.564. The first kappa shape index (κ1) is 18.1. The molecule has 0 aromatic heterocycles. The summed E-state index contributed by atoms with van der Waals surface area (Å²) in [5, 5.41) is 32.4. The summed E-state index contributed by atoms with van der Waals surface area (Å²) in [6, 6.07) is 6.46. The number of nitrogens with zero attached hydrogens (tertiary/aromatic N) is 1. The van der Waals surface area contributed by atoms with Crippen LogP contribution in [0.2, 0.25) is 0 Å². The molecule has 1 saturated carbocycles. The van der Waals surface area contributed by atoms with Crippen LogP contribution in [0.3, 0.4) is 0 Å². The van der Waals surface area contributed by atoms with Crippen LogP contribution in [-0.2, 0) is 15.0 Å². The highest BCUT2D eigenvalue weighted by Gasteiger charge is 2.72. The predicted molar refractivity (Wildman–Crippen MR) is 85.2 cm³/mol. The third-order valence-electron chi connectivity index (χ3n) is 5.58. The number of rotatable bonds is 4. The Morgan fingerprint density at radius 1 is 1.21 bits per heavy atom. The molecule has 0 radical (unpaired) electrons. The van der Waals surface area contributed by atoms with E-state index in [2.05, 4.69) is 0 Å². The van der Waals surface area contributed by atoms with E-state index in [1.807, 2.05) is 0 Å². The fourth-order valence-electron chi connectivity index (χ4n) is 4.34. The second-order valence-electron chi connectivity index (χ2n) is 6.88. The Bertz CT molecular complexity index is 670. The first-order valence-corrected chi connectivity index (χ1v) is 7.67. The normalized spacial score (nSPS) is 36.1. The SMILES string of the molecule is CC(=O)[C@@]1(C(=O)O)CC[C@@](C)(O)[C@@H]([N+](=O)[O-])[C@]1(C)c1ccccc1. The molecule has 0 spiro atoms. The number of hydrogen-bond acceptors (Lipinski definition) is 5. The van der Waals surface area contributed by atoms with Gasteiger partial charge in [0.1, 0.15) is 16.8 Å². The van der Waals surface area contributed by atoms with E-state index in [4.69, 9.17) is 0 Å². The minimum Gasteiger partial charge on any atom is -0.480 e. The van der Waals surface area contributed by atoms with Crippen LogP contribution < -0.4 is 0 Å². The van der Waals surface area contributed by atoms with Crippen molar-refractivity contribution in [3.63, 3.8) is 0 Å². The Morgan fingerprint density at radius 2 is 1.75 bits per heavy atom. The van der Waals surface area contributed by atoms with Crippen molar-refractivity contribution in [1.82, 2.24) is 0 Å². The van der Waals surface area contributed by atoms with Gasteiger partial charge in [-0.2, -0.15) is 0 Å². The van der Waals surface area contributed by atoms with E-state index < -0.39 is 39.1 Å². The van der Waals surface area contributed by atoms with E-state index in [0.29, 0.717) is 5.56 Å². The number of carbonyl (C=O) groups is 2. The van der Waals surface area contributed by atoms with E-state index in [1.54, 1.807) is 30.3 Å². The van der Waals surface area contributed by atoms with Crippen LogP contribution in [0.4, 0.5) is 0 Å². The topological polar surface area (TPSA) is 118 Å². The second kappa shape index (κ2) is 5.66. The highest BCUT2D eigenvalue weighted by Crippen LogP contribution is 2.56. The Labute approximate surface area is 139 Å². The van der Waals surface area contributed by atoms with Crippen molar-refractivity contribution in [2.75, 3.05) is 0 Å². The summed E-state index contributed by atoms with van der Waals surface area (Å²) >= 11 is 0. The van der Waals surface area contributed by atoms with E-state index >= 15 is 0 Å². The van der Waals surface area contributed by atoms with Gasteiger partial charge in [0.15, 0.2) is 0 Å². The van der Waals surface area contributed by atoms with Crippen molar-refractivity contribution in [1.29, 1.82) is 0 Å². The first-order chi connectivity index (χ1) is 11.0. The molecule has 7 heteroatoms. The molecule has 4 atom stereocenters. The van der Waals surface area contributed by atoms with Gasteiger partial charge in [-0.25, -0.2) is 0 Å². The second-order valence-corrected chi connectivity index (χ2v) is 6.88. The molecule has 2 rings (SSSR count). The number of carbonyl (C=O) groups excluding carboxylic acids is 1. The number of hydrogen-bond donors (Lipinski definition) is 2. The van der Waals surface area contributed by atoms with Gasteiger partial charge < -0.3 is 10.2 Å². The summed E-state index contributed by atoms with van der Waals surface area (Å²) in [7, 11) is 0. The summed E-state index contributed by atoms with van der Waals surface area (Å²) in [5.41, 5.74) is -5.06. The fourth-order valence-corrected chi connectivity index (χ4v) is 4.34. The number of carboxylic acids is 1. The van der Waals surface area contributed by atoms with Crippen LogP contribution in [-0.4, -0.2) is 38.5 Å². The molecular formula is C17H21NO6. The zero-order valence-corrected chi connectivity index (χ0v) is 13.9. The van der Waals surface area contributed by atoms with Crippen molar-refractivity contribution in [2.24, 2.45) is 5.41 Å². The molecule has 130 valence electrons. The third-order valence-corrected chi connectivity index (χ3v) is 5.58. The highest BCUT2D eigenvalue weighted by atomic mass is 16.6. The summed E-state index contributed by atoms with van der Waals surface area (Å²) in [4.78, 5) is 35.8. The van der Waals surface area contributed by atoms with Crippen molar-refractivity contribution in [2.45, 2.75) is 50.7 Å². The Balaban J connectivity index is 2.90. The zero-order chi connectivity index (χ0) is 18.3. The van der Waals surface area contributed by atoms with Crippen LogP contribution >= 0.6 is 0 Å². The number of Topliss-reactive ketones (excluding diaryl/α,β-unsaturated/α-hetero) is 1. The van der Waals surface area contributed by atoms with Gasteiger partial charge in [-0.1, -0.05) is 30.3 Å². The van der Waals surface area contributed by atoms with Gasteiger partial charge in [-0.05, 0) is 39.2 Å². The van der Waals surface area contributed by atoms with Crippen LogP contribution in [0.25, 0.3) is 0 Å². The van der Waals surface area contributed by atoms with E-state index in [-0.39, 0.29) is 12.8 Å². The molecule has 7 nitrogen and oxygen atoms in total. The molecule has 0 saturated heterocycles. The number of carboxylic acid groups (broad SMARTS) is 1. The van der Waals surface area contributed by atoms with E-state index in [1.165, 1.54) is 13.8 Å². The van der Waals surface area contributed by atoms with E-state index in [0.717, 1.165) is 6.92 Å². The van der Waals surface area contributed by atoms with Crippen molar-refractivity contribution in [3.05, 3.63) is 46.0 Å². The first-order valence-electron chi connectivity index (χ1n) is 7.67. The zero-order valence-electron chi connectivity index (χ0n) is 13.9. The van der Waals surface area contributed by atoms with Gasteiger partial charge in [0.25, 0.3) is 6.04 Å². The molecule has 1 aliphatic rings. The highest BCUT2D eigenvalue weighted by molar-refractivity contribution is 6.04. The third kappa shape index (κ3) is 2.23. The molecule has 0 amide bonds. The predicted octanol–water partition coefficient (Wildman–Crippen LogP) is 1.79. The maximum absolute atomic E-state index is 12.4. The number of ketones is 1. The van der Waals surface area contributed by atoms with E-state index in [9.17, 15) is 29.9 Å². The number of benzene rings is 1. The van der Waals surface area contributed by atoms with Gasteiger partial charge in [0.05, 0.1) is 5.41 Å². The Morgan fingerprint density at radius 3 is 2.17 bits per heavy atom. The minimum atomic E-state index is -1.98. The maximum Gasteiger partial charge on any atom is 0.318 e. The molecule has 0 heterocycles. The number of nitro groups is 1. The summed E-state index contributed by atoms with van der Waals surface area (Å²) in [6.45, 7) is 3.87. The van der Waals surface area contributed by atoms with Crippen molar-refractivity contribution < 1.29 is 24.7 Å². The monoisotopic (exact) mass is 335 g/mol.